The molecule has 0 aliphatic heterocycles. The second kappa shape index (κ2) is 3.99. The van der Waals surface area contributed by atoms with E-state index in [0.717, 1.165) is 0 Å². The number of hydrogen-bond donors (Lipinski definition) is 3. The summed E-state index contributed by atoms with van der Waals surface area (Å²) in [5.41, 5.74) is 5.48. The van der Waals surface area contributed by atoms with Gasteiger partial charge in [0.2, 0.25) is 0 Å². The molecule has 96 valence electrons. The lowest BCUT2D eigenvalue weighted by molar-refractivity contribution is 0.900. The maximum absolute atomic E-state index is 11.7. The molecule has 19 heavy (non-hydrogen) atoms. The summed E-state index contributed by atoms with van der Waals surface area (Å²) < 4.78 is 1.32. The van der Waals surface area contributed by atoms with Crippen LogP contribution in [-0.2, 0) is 0 Å². The second-order valence-electron chi connectivity index (χ2n) is 3.91. The van der Waals surface area contributed by atoms with E-state index < -0.39 is 11.1 Å². The first kappa shape index (κ1) is 11.5. The molecule has 0 aliphatic carbocycles. The van der Waals surface area contributed by atoms with Crippen molar-refractivity contribution in [2.24, 2.45) is 0 Å². The van der Waals surface area contributed by atoms with Gasteiger partial charge in [0.1, 0.15) is 11.2 Å². The number of nitrogen functional groups attached to an aromatic ring is 1. The van der Waals surface area contributed by atoms with Gasteiger partial charge < -0.3 is 5.73 Å². The van der Waals surface area contributed by atoms with Gasteiger partial charge in [0.25, 0.3) is 11.1 Å². The fourth-order valence-electron chi connectivity index (χ4n) is 1.83. The highest BCUT2D eigenvalue weighted by molar-refractivity contribution is 6.30. The van der Waals surface area contributed by atoms with Crippen molar-refractivity contribution in [1.29, 1.82) is 0 Å². The summed E-state index contributed by atoms with van der Waals surface area (Å²) in [5.74, 6) is 0.102. The van der Waals surface area contributed by atoms with Crippen LogP contribution in [0.4, 0.5) is 5.82 Å². The van der Waals surface area contributed by atoms with Crippen molar-refractivity contribution >= 4 is 28.3 Å². The van der Waals surface area contributed by atoms with E-state index in [4.69, 9.17) is 17.3 Å². The molecule has 0 unspecified atom stereocenters. The first-order valence-electron chi connectivity index (χ1n) is 5.33. The zero-order valence-electron chi connectivity index (χ0n) is 9.48. The Morgan fingerprint density at radius 2 is 1.74 bits per heavy atom. The van der Waals surface area contributed by atoms with Gasteiger partial charge in [0.05, 0.1) is 5.69 Å². The number of nitrogens with zero attached hydrogens (tertiary/aromatic N) is 2. The average Bonchev–Trinajstić information content (AvgIpc) is 2.74. The lowest BCUT2D eigenvalue weighted by Gasteiger charge is -2.03. The monoisotopic (exact) mass is 277 g/mol. The minimum atomic E-state index is -0.506. The van der Waals surface area contributed by atoms with Crippen LogP contribution in [0.15, 0.2) is 33.9 Å². The number of nitrogens with two attached hydrogens (primary N) is 1. The Bertz CT molecular complexity index is 875. The maximum atomic E-state index is 11.7. The summed E-state index contributed by atoms with van der Waals surface area (Å²) in [6.07, 6.45) is 0. The van der Waals surface area contributed by atoms with Crippen molar-refractivity contribution in [1.82, 2.24) is 20.0 Å². The summed E-state index contributed by atoms with van der Waals surface area (Å²) in [7, 11) is 0. The Kier molecular flexibility index (Phi) is 2.42. The second-order valence-corrected chi connectivity index (χ2v) is 4.34. The smallest absolute Gasteiger partial charge is 0.291 e. The summed E-state index contributed by atoms with van der Waals surface area (Å²) in [4.78, 5) is 23.3. The highest BCUT2D eigenvalue weighted by atomic mass is 35.5. The number of hydrogen-bond acceptors (Lipinski definition) is 4. The number of nitrogens with one attached hydrogen (secondary N) is 2. The minimum Gasteiger partial charge on any atom is -0.383 e. The molecule has 0 atom stereocenters. The zero-order valence-corrected chi connectivity index (χ0v) is 10.2. The van der Waals surface area contributed by atoms with E-state index in [0.29, 0.717) is 10.7 Å². The molecule has 0 spiro atoms. The van der Waals surface area contributed by atoms with E-state index in [2.05, 4.69) is 15.3 Å². The van der Waals surface area contributed by atoms with Crippen LogP contribution < -0.4 is 16.9 Å². The molecule has 7 nitrogen and oxygen atoms in total. The molecule has 0 aliphatic rings. The molecule has 0 radical (unpaired) electrons. The predicted molar refractivity (Wildman–Crippen MR) is 71.7 cm³/mol. The molecular weight excluding hydrogens is 270 g/mol. The van der Waals surface area contributed by atoms with Crippen molar-refractivity contribution in [3.8, 4) is 5.69 Å². The van der Waals surface area contributed by atoms with Crippen LogP contribution >= 0.6 is 11.6 Å². The molecule has 0 bridgehead atoms. The number of aromatic nitrogens is 4. The third-order valence-electron chi connectivity index (χ3n) is 2.72. The summed E-state index contributed by atoms with van der Waals surface area (Å²) >= 11 is 5.80. The number of aromatic amines is 2. The molecule has 2 heterocycles. The van der Waals surface area contributed by atoms with Crippen LogP contribution in [0, 0.1) is 0 Å². The number of anilines is 1. The van der Waals surface area contributed by atoms with Crippen LogP contribution in [0.3, 0.4) is 0 Å². The first-order chi connectivity index (χ1) is 9.08. The highest BCUT2D eigenvalue weighted by Gasteiger charge is 2.15. The van der Waals surface area contributed by atoms with Gasteiger partial charge in [0.15, 0.2) is 5.52 Å². The van der Waals surface area contributed by atoms with Crippen LogP contribution in [0.5, 0.6) is 0 Å². The van der Waals surface area contributed by atoms with E-state index >= 15 is 0 Å². The average molecular weight is 278 g/mol. The third-order valence-corrected chi connectivity index (χ3v) is 2.98. The van der Waals surface area contributed by atoms with Crippen molar-refractivity contribution in [3.05, 3.63) is 50.0 Å². The largest absolute Gasteiger partial charge is 0.383 e. The highest BCUT2D eigenvalue weighted by Crippen LogP contribution is 2.20. The number of halogens is 1. The predicted octanol–water partition coefficient (Wildman–Crippen LogP) is 0.638. The molecular formula is C11H8ClN5O2. The van der Waals surface area contributed by atoms with Crippen molar-refractivity contribution < 1.29 is 0 Å². The van der Waals surface area contributed by atoms with Gasteiger partial charge in [-0.2, -0.15) is 5.10 Å². The van der Waals surface area contributed by atoms with Crippen LogP contribution in [0.25, 0.3) is 16.6 Å². The molecule has 3 rings (SSSR count). The van der Waals surface area contributed by atoms with E-state index in [-0.39, 0.29) is 16.7 Å². The normalized spacial score (nSPS) is 11.0. The third kappa shape index (κ3) is 1.71. The summed E-state index contributed by atoms with van der Waals surface area (Å²) in [5, 5.41) is 9.10. The van der Waals surface area contributed by atoms with Crippen LogP contribution in [0.1, 0.15) is 0 Å². The number of fused-ring (bicyclic) bond motifs is 1. The summed E-state index contributed by atoms with van der Waals surface area (Å²) in [6.45, 7) is 0. The van der Waals surface area contributed by atoms with Gasteiger partial charge in [-0.3, -0.25) is 19.8 Å². The van der Waals surface area contributed by atoms with Gasteiger partial charge in [0, 0.05) is 5.02 Å². The molecule has 3 aromatic rings. The SMILES string of the molecule is Nc1c2c(=O)[nH][nH]c(=O)c2nn1-c1ccc(Cl)cc1. The van der Waals surface area contributed by atoms with Gasteiger partial charge in [-0.25, -0.2) is 4.68 Å². The minimum absolute atomic E-state index is 0.00352. The van der Waals surface area contributed by atoms with E-state index in [1.54, 1.807) is 24.3 Å². The Morgan fingerprint density at radius 1 is 1.11 bits per heavy atom. The van der Waals surface area contributed by atoms with Crippen LogP contribution in [0.2, 0.25) is 5.02 Å². The lowest BCUT2D eigenvalue weighted by Crippen LogP contribution is -2.18. The molecule has 1 aromatic carbocycles. The quantitative estimate of drug-likeness (QED) is 0.606. The molecule has 4 N–H and O–H groups in total. The van der Waals surface area contributed by atoms with Gasteiger partial charge >= 0.3 is 0 Å². The molecule has 0 saturated heterocycles. The first-order valence-corrected chi connectivity index (χ1v) is 5.71. The summed E-state index contributed by atoms with van der Waals surface area (Å²) in [6, 6.07) is 6.70. The fourth-order valence-corrected chi connectivity index (χ4v) is 1.95. The van der Waals surface area contributed by atoms with Gasteiger partial charge in [-0.05, 0) is 24.3 Å². The standard InChI is InChI=1S/C11H8ClN5O2/c12-5-1-3-6(4-2-5)17-9(13)7-8(16-17)11(19)15-14-10(7)18/h1-4H,13H2,(H,14,18)(H,15,19). The molecule has 0 saturated carbocycles. The Balaban J connectivity index is 2.38. The Morgan fingerprint density at radius 3 is 2.37 bits per heavy atom. The van der Waals surface area contributed by atoms with E-state index in [1.807, 2.05) is 0 Å². The number of H-pyrrole nitrogens is 2. The lowest BCUT2D eigenvalue weighted by atomic mass is 10.3. The van der Waals surface area contributed by atoms with Crippen molar-refractivity contribution in [3.63, 3.8) is 0 Å². The molecule has 2 aromatic heterocycles. The number of benzene rings is 1. The molecule has 0 fully saturated rings. The topological polar surface area (TPSA) is 110 Å². The maximum Gasteiger partial charge on any atom is 0.291 e. The zero-order chi connectivity index (χ0) is 13.6. The van der Waals surface area contributed by atoms with E-state index in [1.165, 1.54) is 4.68 Å². The molecule has 8 heteroatoms. The molecule has 0 amide bonds. The fraction of sp³-hybridized carbons (Fsp3) is 0. The Hall–Kier alpha value is -2.54. The van der Waals surface area contributed by atoms with Gasteiger partial charge in [-0.15, -0.1) is 0 Å². The van der Waals surface area contributed by atoms with Crippen LogP contribution in [-0.4, -0.2) is 20.0 Å². The Labute approximate surface area is 110 Å². The van der Waals surface area contributed by atoms with Crippen molar-refractivity contribution in [2.45, 2.75) is 0 Å². The van der Waals surface area contributed by atoms with Crippen molar-refractivity contribution in [2.75, 3.05) is 5.73 Å². The van der Waals surface area contributed by atoms with E-state index in [9.17, 15) is 9.59 Å². The van der Waals surface area contributed by atoms with Gasteiger partial charge in [-0.1, -0.05) is 11.6 Å². The number of rotatable bonds is 1.